The molecule has 6 heteroatoms. The molecule has 3 aromatic carbocycles. The molecule has 0 fully saturated rings. The number of sulfonamides is 1. The van der Waals surface area contributed by atoms with E-state index in [0.717, 1.165) is 22.0 Å². The quantitative estimate of drug-likeness (QED) is 0.618. The van der Waals surface area contributed by atoms with E-state index in [-0.39, 0.29) is 11.3 Å². The van der Waals surface area contributed by atoms with Crippen molar-refractivity contribution in [3.63, 3.8) is 0 Å². The van der Waals surface area contributed by atoms with Crippen molar-refractivity contribution in [1.82, 2.24) is 0 Å². The third-order valence-electron chi connectivity index (χ3n) is 5.42. The minimum absolute atomic E-state index is 0.0685. The van der Waals surface area contributed by atoms with Crippen molar-refractivity contribution in [2.75, 3.05) is 9.62 Å². The highest BCUT2D eigenvalue weighted by Crippen LogP contribution is 2.41. The van der Waals surface area contributed by atoms with Crippen LogP contribution >= 0.6 is 0 Å². The average Bonchev–Trinajstić information content (AvgIpc) is 2.97. The first-order valence-corrected chi connectivity index (χ1v) is 11.3. The summed E-state index contributed by atoms with van der Waals surface area (Å²) >= 11 is 0. The molecule has 3 aromatic rings. The number of rotatable bonds is 5. The zero-order valence-corrected chi connectivity index (χ0v) is 18.1. The van der Waals surface area contributed by atoms with Crippen LogP contribution in [0.25, 0.3) is 10.8 Å². The summed E-state index contributed by atoms with van der Waals surface area (Å²) < 4.78 is 26.4. The summed E-state index contributed by atoms with van der Waals surface area (Å²) in [4.78, 5) is 14.9. The van der Waals surface area contributed by atoms with Gasteiger partial charge in [0.25, 0.3) is 15.9 Å². The molecule has 30 heavy (non-hydrogen) atoms. The van der Waals surface area contributed by atoms with Crippen molar-refractivity contribution >= 4 is 38.1 Å². The molecule has 0 unspecified atom stereocenters. The fraction of sp³-hybridized carbons (Fsp3) is 0.208. The summed E-state index contributed by atoms with van der Waals surface area (Å²) in [6.07, 6.45) is 0. The molecule has 0 spiro atoms. The highest BCUT2D eigenvalue weighted by atomic mass is 32.2. The molecular formula is C24H24N2O3S. The van der Waals surface area contributed by atoms with Crippen LogP contribution in [0.2, 0.25) is 0 Å². The Balaban J connectivity index is 1.73. The first kappa shape index (κ1) is 20.2. The lowest BCUT2D eigenvalue weighted by Gasteiger charge is -2.21. The molecule has 1 heterocycles. The van der Waals surface area contributed by atoms with E-state index in [0.29, 0.717) is 23.2 Å². The Morgan fingerprint density at radius 3 is 2.37 bits per heavy atom. The van der Waals surface area contributed by atoms with Crippen LogP contribution in [0.5, 0.6) is 0 Å². The maximum atomic E-state index is 13.1. The lowest BCUT2D eigenvalue weighted by atomic mass is 9.87. The summed E-state index contributed by atoms with van der Waals surface area (Å²) in [5, 5.41) is 2.32. The normalized spacial score (nSPS) is 13.7. The van der Waals surface area contributed by atoms with E-state index < -0.39 is 10.0 Å². The van der Waals surface area contributed by atoms with Crippen LogP contribution in [0.1, 0.15) is 42.3 Å². The lowest BCUT2D eigenvalue weighted by Crippen LogP contribution is -2.26. The van der Waals surface area contributed by atoms with Gasteiger partial charge in [0.15, 0.2) is 0 Å². The van der Waals surface area contributed by atoms with E-state index in [1.807, 2.05) is 6.07 Å². The lowest BCUT2D eigenvalue weighted by molar-refractivity contribution is 0.0991. The number of anilines is 2. The molecule has 154 valence electrons. The van der Waals surface area contributed by atoms with Crippen LogP contribution < -0.4 is 9.62 Å². The summed E-state index contributed by atoms with van der Waals surface area (Å²) in [7, 11) is -3.65. The molecule has 0 saturated heterocycles. The highest BCUT2D eigenvalue weighted by Gasteiger charge is 2.31. The van der Waals surface area contributed by atoms with Gasteiger partial charge in [0.1, 0.15) is 0 Å². The number of carbonyl (C=O) groups is 1. The van der Waals surface area contributed by atoms with E-state index >= 15 is 0 Å². The minimum atomic E-state index is -3.65. The van der Waals surface area contributed by atoms with Crippen LogP contribution in [0.3, 0.4) is 0 Å². The molecule has 0 saturated carbocycles. The number of nitrogens with one attached hydrogen (secondary N) is 1. The van der Waals surface area contributed by atoms with Crippen LogP contribution in [-0.4, -0.2) is 14.3 Å². The van der Waals surface area contributed by atoms with E-state index in [9.17, 15) is 13.2 Å². The predicted octanol–water partition coefficient (Wildman–Crippen LogP) is 5.18. The van der Waals surface area contributed by atoms with Gasteiger partial charge in [-0.2, -0.15) is 0 Å². The van der Waals surface area contributed by atoms with Gasteiger partial charge in [-0.3, -0.25) is 9.52 Å². The summed E-state index contributed by atoms with van der Waals surface area (Å²) in [5.74, 6) is -0.0841. The van der Waals surface area contributed by atoms with Gasteiger partial charge in [0, 0.05) is 21.7 Å². The number of nitrogens with zero attached hydrogens (tertiary/aromatic N) is 1. The largest absolute Gasteiger partial charge is 0.303 e. The van der Waals surface area contributed by atoms with Crippen molar-refractivity contribution in [2.24, 2.45) is 0 Å². The Morgan fingerprint density at radius 2 is 1.73 bits per heavy atom. The summed E-state index contributed by atoms with van der Waals surface area (Å²) in [6, 6.07) is 17.2. The molecule has 0 bridgehead atoms. The molecule has 1 N–H and O–H groups in total. The number of benzene rings is 3. The summed E-state index contributed by atoms with van der Waals surface area (Å²) in [5.41, 5.74) is 4.14. The highest BCUT2D eigenvalue weighted by molar-refractivity contribution is 7.95. The number of amides is 1. The van der Waals surface area contributed by atoms with E-state index in [4.69, 9.17) is 0 Å². The molecule has 0 radical (unpaired) electrons. The number of carbonyl (C=O) groups excluding carboxylic acids is 1. The fourth-order valence-corrected chi connectivity index (χ4v) is 4.35. The van der Waals surface area contributed by atoms with Gasteiger partial charge in [-0.05, 0) is 34.7 Å². The maximum Gasteiger partial charge on any atom is 0.259 e. The SMILES string of the molecule is C=CS(=O)(=O)Nc1ccc2c3c(cccc13)C(=O)N2Cc1ccc(C(C)(C)C)cc1. The van der Waals surface area contributed by atoms with Crippen LogP contribution in [-0.2, 0) is 22.0 Å². The Morgan fingerprint density at radius 1 is 1.03 bits per heavy atom. The molecular weight excluding hydrogens is 396 g/mol. The van der Waals surface area contributed by atoms with Gasteiger partial charge < -0.3 is 4.90 Å². The minimum Gasteiger partial charge on any atom is -0.303 e. The monoisotopic (exact) mass is 420 g/mol. The predicted molar refractivity (Wildman–Crippen MR) is 122 cm³/mol. The summed E-state index contributed by atoms with van der Waals surface area (Å²) in [6.45, 7) is 10.3. The Bertz CT molecular complexity index is 1270. The number of hydrogen-bond acceptors (Lipinski definition) is 3. The van der Waals surface area contributed by atoms with Crippen molar-refractivity contribution in [3.05, 3.63) is 83.3 Å². The maximum absolute atomic E-state index is 13.1. The zero-order chi connectivity index (χ0) is 21.7. The van der Waals surface area contributed by atoms with Crippen molar-refractivity contribution < 1.29 is 13.2 Å². The molecule has 1 aliphatic heterocycles. The molecule has 1 aliphatic rings. The first-order valence-electron chi connectivity index (χ1n) is 9.73. The molecule has 0 aliphatic carbocycles. The van der Waals surface area contributed by atoms with E-state index in [1.165, 1.54) is 5.56 Å². The average molecular weight is 421 g/mol. The van der Waals surface area contributed by atoms with Crippen molar-refractivity contribution in [2.45, 2.75) is 32.7 Å². The Labute approximate surface area is 177 Å². The van der Waals surface area contributed by atoms with Crippen LogP contribution in [0, 0.1) is 0 Å². The smallest absolute Gasteiger partial charge is 0.259 e. The molecule has 4 rings (SSSR count). The van der Waals surface area contributed by atoms with Gasteiger partial charge in [0.05, 0.1) is 17.9 Å². The fourth-order valence-electron chi connectivity index (χ4n) is 3.78. The van der Waals surface area contributed by atoms with Crippen LogP contribution in [0.15, 0.2) is 66.6 Å². The van der Waals surface area contributed by atoms with Gasteiger partial charge in [-0.15, -0.1) is 0 Å². The van der Waals surface area contributed by atoms with Gasteiger partial charge in [-0.1, -0.05) is 63.7 Å². The van der Waals surface area contributed by atoms with Crippen molar-refractivity contribution in [3.8, 4) is 0 Å². The van der Waals surface area contributed by atoms with Crippen LogP contribution in [0.4, 0.5) is 11.4 Å². The van der Waals surface area contributed by atoms with Gasteiger partial charge in [-0.25, -0.2) is 8.42 Å². The molecule has 5 nitrogen and oxygen atoms in total. The Hall–Kier alpha value is -3.12. The second-order valence-electron chi connectivity index (χ2n) is 8.51. The molecule has 0 aromatic heterocycles. The van der Waals surface area contributed by atoms with E-state index in [2.05, 4.69) is 56.3 Å². The van der Waals surface area contributed by atoms with Gasteiger partial charge >= 0.3 is 0 Å². The third kappa shape index (κ3) is 3.48. The zero-order valence-electron chi connectivity index (χ0n) is 17.3. The molecule has 0 atom stereocenters. The third-order valence-corrected chi connectivity index (χ3v) is 6.36. The topological polar surface area (TPSA) is 66.5 Å². The van der Waals surface area contributed by atoms with Crippen molar-refractivity contribution in [1.29, 1.82) is 0 Å². The molecule has 1 amide bonds. The standard InChI is InChI=1S/C24H24N2O3S/c1-5-30(28,29)25-20-13-14-21-22-18(20)7-6-8-19(22)23(27)26(21)15-16-9-11-17(12-10-16)24(2,3)4/h5-14,25H,1,15H2,2-4H3. The second-order valence-corrected chi connectivity index (χ2v) is 10.1. The first-order chi connectivity index (χ1) is 14.1. The van der Waals surface area contributed by atoms with Gasteiger partial charge in [0.2, 0.25) is 0 Å². The van der Waals surface area contributed by atoms with E-state index in [1.54, 1.807) is 29.2 Å². The number of hydrogen-bond donors (Lipinski definition) is 1. The Kier molecular flexibility index (Phi) is 4.70. The second kappa shape index (κ2) is 6.99.